The number of benzene rings is 1. The molecule has 3 aromatic rings. The highest BCUT2D eigenvalue weighted by Gasteiger charge is 2.24. The molecule has 1 aliphatic heterocycles. The summed E-state index contributed by atoms with van der Waals surface area (Å²) in [7, 11) is 1.70. The highest BCUT2D eigenvalue weighted by molar-refractivity contribution is 6.33. The van der Waals surface area contributed by atoms with E-state index in [1.54, 1.807) is 11.6 Å². The van der Waals surface area contributed by atoms with Crippen molar-refractivity contribution in [3.63, 3.8) is 0 Å². The number of ether oxygens (including phenoxy) is 1. The molecule has 0 aliphatic carbocycles. The Balaban J connectivity index is 1.61. The summed E-state index contributed by atoms with van der Waals surface area (Å²) in [6, 6.07) is 8.10. The van der Waals surface area contributed by atoms with Crippen LogP contribution in [0.1, 0.15) is 5.69 Å². The summed E-state index contributed by atoms with van der Waals surface area (Å²) < 4.78 is 7.20. The van der Waals surface area contributed by atoms with Gasteiger partial charge in [-0.1, -0.05) is 23.7 Å². The molecule has 4 rings (SSSR count). The van der Waals surface area contributed by atoms with E-state index in [0.717, 1.165) is 49.1 Å². The fourth-order valence-corrected chi connectivity index (χ4v) is 3.48. The van der Waals surface area contributed by atoms with Gasteiger partial charge in [-0.15, -0.1) is 0 Å². The van der Waals surface area contributed by atoms with Gasteiger partial charge >= 0.3 is 0 Å². The highest BCUT2D eigenvalue weighted by Crippen LogP contribution is 2.32. The van der Waals surface area contributed by atoms with Crippen molar-refractivity contribution < 1.29 is 4.74 Å². The molecular weight excluding hydrogens is 340 g/mol. The van der Waals surface area contributed by atoms with Gasteiger partial charge in [0.25, 0.3) is 5.78 Å². The quantitative estimate of drug-likeness (QED) is 0.716. The zero-order chi connectivity index (χ0) is 17.4. The standard InChI is InChI=1S/C17H19ClN6O/c1-12-15(18)16(24-17(21-12)19-11-20-24)23-9-7-22(8-10-23)13-5-3-4-6-14(13)25-2/h3-6,11H,7-10H2,1-2H3. The van der Waals surface area contributed by atoms with Gasteiger partial charge in [0, 0.05) is 26.2 Å². The first-order valence-electron chi connectivity index (χ1n) is 8.18. The second-order valence-electron chi connectivity index (χ2n) is 5.95. The van der Waals surface area contributed by atoms with Gasteiger partial charge in [0.05, 0.1) is 18.5 Å². The summed E-state index contributed by atoms with van der Waals surface area (Å²) in [6.45, 7) is 5.29. The third-order valence-electron chi connectivity index (χ3n) is 4.52. The number of hydrogen-bond acceptors (Lipinski definition) is 6. The molecule has 2 aromatic heterocycles. The van der Waals surface area contributed by atoms with Crippen LogP contribution in [0.5, 0.6) is 5.75 Å². The SMILES string of the molecule is COc1ccccc1N1CCN(c2c(Cl)c(C)nc3ncnn23)CC1. The Morgan fingerprint density at radius 3 is 2.56 bits per heavy atom. The average molecular weight is 359 g/mol. The van der Waals surface area contributed by atoms with Crippen LogP contribution in [-0.4, -0.2) is 52.9 Å². The van der Waals surface area contributed by atoms with E-state index in [9.17, 15) is 0 Å². The van der Waals surface area contributed by atoms with Crippen molar-refractivity contribution in [1.29, 1.82) is 0 Å². The van der Waals surface area contributed by atoms with Gasteiger partial charge in [-0.2, -0.15) is 14.6 Å². The van der Waals surface area contributed by atoms with Crippen LogP contribution in [0.4, 0.5) is 11.5 Å². The molecule has 0 amide bonds. The van der Waals surface area contributed by atoms with Crippen molar-refractivity contribution >= 4 is 28.9 Å². The second kappa shape index (κ2) is 6.40. The van der Waals surface area contributed by atoms with E-state index in [1.807, 2.05) is 25.1 Å². The number of para-hydroxylation sites is 2. The average Bonchev–Trinajstić information content (AvgIpc) is 3.10. The maximum absolute atomic E-state index is 6.54. The van der Waals surface area contributed by atoms with Crippen molar-refractivity contribution in [1.82, 2.24) is 19.6 Å². The molecule has 1 aliphatic rings. The summed E-state index contributed by atoms with van der Waals surface area (Å²) in [6.07, 6.45) is 1.51. The summed E-state index contributed by atoms with van der Waals surface area (Å²) in [4.78, 5) is 13.1. The number of fused-ring (bicyclic) bond motifs is 1. The molecule has 0 bridgehead atoms. The number of rotatable bonds is 3. The van der Waals surface area contributed by atoms with E-state index in [0.29, 0.717) is 10.8 Å². The van der Waals surface area contributed by atoms with Gasteiger partial charge in [-0.05, 0) is 19.1 Å². The van der Waals surface area contributed by atoms with Crippen LogP contribution < -0.4 is 14.5 Å². The van der Waals surface area contributed by atoms with Crippen LogP contribution in [0, 0.1) is 6.92 Å². The predicted octanol–water partition coefficient (Wildman–Crippen LogP) is 2.42. The molecule has 3 heterocycles. The van der Waals surface area contributed by atoms with Crippen molar-refractivity contribution in [2.24, 2.45) is 0 Å². The van der Waals surface area contributed by atoms with Crippen LogP contribution in [0.2, 0.25) is 5.02 Å². The maximum atomic E-state index is 6.54. The van der Waals surface area contributed by atoms with Crippen molar-refractivity contribution in [2.75, 3.05) is 43.1 Å². The molecule has 1 saturated heterocycles. The minimum atomic E-state index is 0.573. The fraction of sp³-hybridized carbons (Fsp3) is 0.353. The molecule has 1 aromatic carbocycles. The molecule has 0 spiro atoms. The van der Waals surface area contributed by atoms with Crippen LogP contribution in [0.3, 0.4) is 0 Å². The number of nitrogens with zero attached hydrogens (tertiary/aromatic N) is 6. The number of methoxy groups -OCH3 is 1. The minimum Gasteiger partial charge on any atom is -0.495 e. The lowest BCUT2D eigenvalue weighted by Crippen LogP contribution is -2.47. The topological polar surface area (TPSA) is 58.8 Å². The first-order chi connectivity index (χ1) is 12.2. The summed E-state index contributed by atoms with van der Waals surface area (Å²) in [5.74, 6) is 2.33. The van der Waals surface area contributed by atoms with Gasteiger partial charge in [0.2, 0.25) is 0 Å². The lowest BCUT2D eigenvalue weighted by molar-refractivity contribution is 0.413. The lowest BCUT2D eigenvalue weighted by atomic mass is 10.2. The fourth-order valence-electron chi connectivity index (χ4n) is 3.24. The molecule has 7 nitrogen and oxygen atoms in total. The molecule has 0 N–H and O–H groups in total. The third-order valence-corrected chi connectivity index (χ3v) is 4.96. The van der Waals surface area contributed by atoms with Gasteiger partial charge in [-0.3, -0.25) is 0 Å². The summed E-state index contributed by atoms with van der Waals surface area (Å²) >= 11 is 6.54. The van der Waals surface area contributed by atoms with Crippen LogP contribution in [0.15, 0.2) is 30.6 Å². The van der Waals surface area contributed by atoms with Crippen LogP contribution in [-0.2, 0) is 0 Å². The third kappa shape index (κ3) is 2.74. The molecule has 25 heavy (non-hydrogen) atoms. The molecular formula is C17H19ClN6O. The van der Waals surface area contributed by atoms with Crippen LogP contribution in [0.25, 0.3) is 5.78 Å². The van der Waals surface area contributed by atoms with Gasteiger partial charge in [-0.25, -0.2) is 4.98 Å². The van der Waals surface area contributed by atoms with Crippen LogP contribution >= 0.6 is 11.6 Å². The normalized spacial score (nSPS) is 15.0. The molecule has 0 radical (unpaired) electrons. The molecule has 0 saturated carbocycles. The Hall–Kier alpha value is -2.54. The lowest BCUT2D eigenvalue weighted by Gasteiger charge is -2.37. The van der Waals surface area contributed by atoms with Crippen molar-refractivity contribution in [3.8, 4) is 5.75 Å². The molecule has 1 fully saturated rings. The van der Waals surface area contributed by atoms with E-state index < -0.39 is 0 Å². The number of aryl methyl sites for hydroxylation is 1. The maximum Gasteiger partial charge on any atom is 0.254 e. The Labute approximate surface area is 150 Å². The molecule has 0 unspecified atom stereocenters. The van der Waals surface area contributed by atoms with E-state index in [-0.39, 0.29) is 0 Å². The van der Waals surface area contributed by atoms with E-state index in [1.165, 1.54) is 6.33 Å². The van der Waals surface area contributed by atoms with Crippen molar-refractivity contribution in [2.45, 2.75) is 6.92 Å². The zero-order valence-corrected chi connectivity index (χ0v) is 14.9. The van der Waals surface area contributed by atoms with Crippen molar-refractivity contribution in [3.05, 3.63) is 41.3 Å². The highest BCUT2D eigenvalue weighted by atomic mass is 35.5. The zero-order valence-electron chi connectivity index (χ0n) is 14.2. The number of hydrogen-bond donors (Lipinski definition) is 0. The Kier molecular flexibility index (Phi) is 4.09. The molecule has 0 atom stereocenters. The van der Waals surface area contributed by atoms with Gasteiger partial charge in [0.1, 0.15) is 17.1 Å². The van der Waals surface area contributed by atoms with Gasteiger partial charge < -0.3 is 14.5 Å². The summed E-state index contributed by atoms with van der Waals surface area (Å²) in [5, 5.41) is 4.91. The predicted molar refractivity (Wildman–Crippen MR) is 97.9 cm³/mol. The second-order valence-corrected chi connectivity index (χ2v) is 6.33. The van der Waals surface area contributed by atoms with E-state index in [4.69, 9.17) is 16.3 Å². The Morgan fingerprint density at radius 2 is 1.80 bits per heavy atom. The molecule has 130 valence electrons. The largest absolute Gasteiger partial charge is 0.495 e. The number of aromatic nitrogens is 4. The number of halogens is 1. The van der Waals surface area contributed by atoms with E-state index >= 15 is 0 Å². The van der Waals surface area contributed by atoms with Gasteiger partial charge in [0.15, 0.2) is 5.82 Å². The van der Waals surface area contributed by atoms with E-state index in [2.05, 4.69) is 30.9 Å². The molecule has 8 heteroatoms. The Bertz CT molecular complexity index is 903. The minimum absolute atomic E-state index is 0.573. The first kappa shape index (κ1) is 16.0. The number of piperazine rings is 1. The monoisotopic (exact) mass is 358 g/mol. The number of anilines is 2. The Morgan fingerprint density at radius 1 is 1.08 bits per heavy atom. The first-order valence-corrected chi connectivity index (χ1v) is 8.55. The smallest absolute Gasteiger partial charge is 0.254 e. The summed E-state index contributed by atoms with van der Waals surface area (Å²) in [5.41, 5.74) is 1.89.